The van der Waals surface area contributed by atoms with Crippen molar-refractivity contribution < 1.29 is 4.74 Å². The first-order valence-electron chi connectivity index (χ1n) is 6.05. The lowest BCUT2D eigenvalue weighted by atomic mass is 10.1. The fourth-order valence-electron chi connectivity index (χ4n) is 2.03. The molecule has 1 fully saturated rings. The van der Waals surface area contributed by atoms with Crippen LogP contribution in [0.3, 0.4) is 0 Å². The molecule has 1 unspecified atom stereocenters. The van der Waals surface area contributed by atoms with Crippen molar-refractivity contribution in [2.45, 2.75) is 26.3 Å². The molecule has 3 nitrogen and oxygen atoms in total. The quantitative estimate of drug-likeness (QED) is 0.770. The van der Waals surface area contributed by atoms with Gasteiger partial charge in [-0.2, -0.15) is 0 Å². The summed E-state index contributed by atoms with van der Waals surface area (Å²) in [6, 6.07) is 6.15. The van der Waals surface area contributed by atoms with Crippen LogP contribution in [0.5, 0.6) is 0 Å². The lowest BCUT2D eigenvalue weighted by Crippen LogP contribution is -2.18. The second-order valence-electron chi connectivity index (χ2n) is 4.47. The summed E-state index contributed by atoms with van der Waals surface area (Å²) in [6.07, 6.45) is 2.44. The number of ether oxygens (including phenoxy) is 1. The van der Waals surface area contributed by atoms with Gasteiger partial charge >= 0.3 is 0 Å². The number of rotatable bonds is 5. The average molecular weight is 220 g/mol. The molecule has 1 aromatic heterocycles. The number of hydrogen-bond donors (Lipinski definition) is 1. The molecule has 16 heavy (non-hydrogen) atoms. The molecule has 3 heteroatoms. The topological polar surface area (TPSA) is 34.1 Å². The van der Waals surface area contributed by atoms with Gasteiger partial charge in [0, 0.05) is 25.5 Å². The monoisotopic (exact) mass is 220 g/mol. The van der Waals surface area contributed by atoms with E-state index in [-0.39, 0.29) is 0 Å². The Morgan fingerprint density at radius 1 is 1.50 bits per heavy atom. The van der Waals surface area contributed by atoms with Crippen LogP contribution in [0, 0.1) is 12.8 Å². The third-order valence-corrected chi connectivity index (χ3v) is 3.01. The minimum Gasteiger partial charge on any atom is -0.381 e. The minimum atomic E-state index is 0.762. The van der Waals surface area contributed by atoms with E-state index < -0.39 is 0 Å². The summed E-state index contributed by atoms with van der Waals surface area (Å²) < 4.78 is 5.35. The largest absolute Gasteiger partial charge is 0.381 e. The van der Waals surface area contributed by atoms with Gasteiger partial charge in [0.1, 0.15) is 0 Å². The molecule has 1 atom stereocenters. The first-order valence-corrected chi connectivity index (χ1v) is 6.05. The van der Waals surface area contributed by atoms with Crippen LogP contribution in [0.25, 0.3) is 0 Å². The van der Waals surface area contributed by atoms with Crippen molar-refractivity contribution in [1.29, 1.82) is 0 Å². The van der Waals surface area contributed by atoms with E-state index >= 15 is 0 Å². The van der Waals surface area contributed by atoms with Crippen LogP contribution in [0.1, 0.15) is 24.2 Å². The summed E-state index contributed by atoms with van der Waals surface area (Å²) >= 11 is 0. The standard InChI is InChI=1S/C13H20N2O/c1-11-3-2-4-13(15-11)9-14-7-5-12-6-8-16-10-12/h2-4,12,14H,5-10H2,1H3. The van der Waals surface area contributed by atoms with Crippen LogP contribution in [-0.2, 0) is 11.3 Å². The molecule has 1 aliphatic heterocycles. The van der Waals surface area contributed by atoms with Gasteiger partial charge in [-0.25, -0.2) is 0 Å². The molecule has 1 N–H and O–H groups in total. The minimum absolute atomic E-state index is 0.762. The average Bonchev–Trinajstić information content (AvgIpc) is 2.77. The van der Waals surface area contributed by atoms with Crippen molar-refractivity contribution in [3.63, 3.8) is 0 Å². The van der Waals surface area contributed by atoms with E-state index in [2.05, 4.69) is 22.4 Å². The highest BCUT2D eigenvalue weighted by atomic mass is 16.5. The lowest BCUT2D eigenvalue weighted by Gasteiger charge is -2.08. The molecule has 1 saturated heterocycles. The number of nitrogens with one attached hydrogen (secondary N) is 1. The van der Waals surface area contributed by atoms with Crippen LogP contribution in [0.4, 0.5) is 0 Å². The van der Waals surface area contributed by atoms with Gasteiger partial charge in [0.2, 0.25) is 0 Å². The molecule has 0 amide bonds. The van der Waals surface area contributed by atoms with E-state index in [1.807, 2.05) is 13.0 Å². The molecule has 0 radical (unpaired) electrons. The molecule has 88 valence electrons. The smallest absolute Gasteiger partial charge is 0.0544 e. The summed E-state index contributed by atoms with van der Waals surface area (Å²) in [5.74, 6) is 0.762. The second-order valence-corrected chi connectivity index (χ2v) is 4.47. The maximum absolute atomic E-state index is 5.35. The number of pyridine rings is 1. The number of aromatic nitrogens is 1. The summed E-state index contributed by atoms with van der Waals surface area (Å²) in [5.41, 5.74) is 2.21. The normalized spacial score (nSPS) is 20.2. The van der Waals surface area contributed by atoms with E-state index in [1.165, 1.54) is 12.8 Å². The third kappa shape index (κ3) is 3.58. The number of aryl methyl sites for hydroxylation is 1. The van der Waals surface area contributed by atoms with Gasteiger partial charge in [0.05, 0.1) is 5.69 Å². The van der Waals surface area contributed by atoms with Crippen LogP contribution in [-0.4, -0.2) is 24.7 Å². The Morgan fingerprint density at radius 2 is 2.44 bits per heavy atom. The molecule has 0 spiro atoms. The maximum Gasteiger partial charge on any atom is 0.0544 e. The van der Waals surface area contributed by atoms with Crippen molar-refractivity contribution in [3.8, 4) is 0 Å². The van der Waals surface area contributed by atoms with Crippen molar-refractivity contribution in [1.82, 2.24) is 10.3 Å². The molecule has 2 rings (SSSR count). The third-order valence-electron chi connectivity index (χ3n) is 3.01. The zero-order valence-corrected chi connectivity index (χ0v) is 9.91. The van der Waals surface area contributed by atoms with Gasteiger partial charge in [-0.15, -0.1) is 0 Å². The molecule has 1 aliphatic rings. The van der Waals surface area contributed by atoms with E-state index in [0.29, 0.717) is 0 Å². The van der Waals surface area contributed by atoms with Crippen molar-refractivity contribution in [2.24, 2.45) is 5.92 Å². The number of hydrogen-bond acceptors (Lipinski definition) is 3. The Hall–Kier alpha value is -0.930. The van der Waals surface area contributed by atoms with Crippen LogP contribution in [0.2, 0.25) is 0 Å². The van der Waals surface area contributed by atoms with E-state index in [1.54, 1.807) is 0 Å². The van der Waals surface area contributed by atoms with E-state index in [0.717, 1.165) is 43.6 Å². The molecule has 0 saturated carbocycles. The Labute approximate surface area is 97.2 Å². The van der Waals surface area contributed by atoms with Gasteiger partial charge < -0.3 is 10.1 Å². The zero-order valence-electron chi connectivity index (χ0n) is 9.91. The predicted molar refractivity (Wildman–Crippen MR) is 64.2 cm³/mol. The molecule has 2 heterocycles. The Bertz CT molecular complexity index is 321. The summed E-state index contributed by atoms with van der Waals surface area (Å²) in [7, 11) is 0. The highest BCUT2D eigenvalue weighted by Gasteiger charge is 2.14. The summed E-state index contributed by atoms with van der Waals surface area (Å²) in [6.45, 7) is 5.85. The highest BCUT2D eigenvalue weighted by Crippen LogP contribution is 2.15. The molecule has 1 aromatic rings. The van der Waals surface area contributed by atoms with E-state index in [4.69, 9.17) is 4.74 Å². The van der Waals surface area contributed by atoms with Gasteiger partial charge in [0.25, 0.3) is 0 Å². The van der Waals surface area contributed by atoms with Crippen LogP contribution < -0.4 is 5.32 Å². The molecular weight excluding hydrogens is 200 g/mol. The fraction of sp³-hybridized carbons (Fsp3) is 0.615. The zero-order chi connectivity index (χ0) is 11.2. The fourth-order valence-corrected chi connectivity index (χ4v) is 2.03. The Balaban J connectivity index is 1.64. The Kier molecular flexibility index (Phi) is 4.31. The first kappa shape index (κ1) is 11.6. The van der Waals surface area contributed by atoms with Gasteiger partial charge in [-0.05, 0) is 44.4 Å². The molecule has 0 bridgehead atoms. The highest BCUT2D eigenvalue weighted by molar-refractivity contribution is 5.09. The second kappa shape index (κ2) is 5.97. The molecule has 0 aliphatic carbocycles. The molecule has 0 aromatic carbocycles. The maximum atomic E-state index is 5.35. The van der Waals surface area contributed by atoms with E-state index in [9.17, 15) is 0 Å². The Morgan fingerprint density at radius 3 is 3.19 bits per heavy atom. The van der Waals surface area contributed by atoms with Gasteiger partial charge in [-0.1, -0.05) is 6.07 Å². The number of nitrogens with zero attached hydrogens (tertiary/aromatic N) is 1. The molecular formula is C13H20N2O. The summed E-state index contributed by atoms with van der Waals surface area (Å²) in [4.78, 5) is 4.46. The predicted octanol–water partition coefficient (Wildman–Crippen LogP) is 1.91. The van der Waals surface area contributed by atoms with Gasteiger partial charge in [0.15, 0.2) is 0 Å². The lowest BCUT2D eigenvalue weighted by molar-refractivity contribution is 0.184. The van der Waals surface area contributed by atoms with Crippen molar-refractivity contribution >= 4 is 0 Å². The van der Waals surface area contributed by atoms with Crippen molar-refractivity contribution in [3.05, 3.63) is 29.6 Å². The first-order chi connectivity index (χ1) is 7.84. The summed E-state index contributed by atoms with van der Waals surface area (Å²) in [5, 5.41) is 3.44. The van der Waals surface area contributed by atoms with Crippen LogP contribution in [0.15, 0.2) is 18.2 Å². The van der Waals surface area contributed by atoms with Crippen molar-refractivity contribution in [2.75, 3.05) is 19.8 Å². The SMILES string of the molecule is Cc1cccc(CNCCC2CCOC2)n1. The van der Waals surface area contributed by atoms with Gasteiger partial charge in [-0.3, -0.25) is 4.98 Å². The van der Waals surface area contributed by atoms with Crippen LogP contribution >= 0.6 is 0 Å².